The van der Waals surface area contributed by atoms with Crippen LogP contribution in [0.25, 0.3) is 0 Å². The van der Waals surface area contributed by atoms with Crippen molar-refractivity contribution in [3.63, 3.8) is 0 Å². The lowest BCUT2D eigenvalue weighted by molar-refractivity contribution is -0.886. The van der Waals surface area contributed by atoms with E-state index in [1.54, 1.807) is 38.7 Å². The predicted molar refractivity (Wildman–Crippen MR) is 82.3 cm³/mol. The van der Waals surface area contributed by atoms with Crippen LogP contribution < -0.4 is 19.7 Å². The molecule has 0 aliphatic carbocycles. The van der Waals surface area contributed by atoms with Gasteiger partial charge in [-0.3, -0.25) is 4.79 Å². The van der Waals surface area contributed by atoms with E-state index in [2.05, 4.69) is 5.32 Å². The van der Waals surface area contributed by atoms with Gasteiger partial charge in [-0.25, -0.2) is 0 Å². The minimum absolute atomic E-state index is 0.0729. The number of anilines is 1. The summed E-state index contributed by atoms with van der Waals surface area (Å²) < 4.78 is 15.7. The number of carbonyl (C=O) groups is 1. The predicted octanol–water partition coefficient (Wildman–Crippen LogP) is 0.950. The summed E-state index contributed by atoms with van der Waals surface area (Å²) in [7, 11) is 5.07. The molecular weight excluding hydrogens is 284 g/mol. The summed E-state index contributed by atoms with van der Waals surface area (Å²) in [6.45, 7) is 1.00. The molecule has 0 spiro atoms. The second-order valence-corrected chi connectivity index (χ2v) is 5.01. The molecule has 1 atom stereocenters. The first-order valence-electron chi connectivity index (χ1n) is 6.98. The maximum absolute atomic E-state index is 12.1. The molecule has 1 aromatic carbocycles. The topological polar surface area (TPSA) is 65.1 Å². The Labute approximate surface area is 129 Å². The van der Waals surface area contributed by atoms with Gasteiger partial charge in [0.1, 0.15) is 6.54 Å². The summed E-state index contributed by atoms with van der Waals surface area (Å²) in [6, 6.07) is 9.01. The Balaban J connectivity index is 1.91. The number of quaternary nitrogens is 1. The first-order chi connectivity index (χ1) is 10.6. The maximum atomic E-state index is 12.1. The highest BCUT2D eigenvalue weighted by molar-refractivity contribution is 5.91. The Morgan fingerprint density at radius 1 is 1.23 bits per heavy atom. The van der Waals surface area contributed by atoms with Crippen molar-refractivity contribution in [2.75, 3.05) is 33.1 Å². The summed E-state index contributed by atoms with van der Waals surface area (Å²) in [5.41, 5.74) is 0.674. The zero-order chi connectivity index (χ0) is 15.9. The van der Waals surface area contributed by atoms with Crippen LogP contribution in [0.15, 0.2) is 41.0 Å². The van der Waals surface area contributed by atoms with Gasteiger partial charge in [0.25, 0.3) is 5.91 Å². The molecule has 22 heavy (non-hydrogen) atoms. The fraction of sp³-hybridized carbons (Fsp3) is 0.312. The fourth-order valence-electron chi connectivity index (χ4n) is 2.17. The van der Waals surface area contributed by atoms with Crippen LogP contribution in [0.1, 0.15) is 5.76 Å². The van der Waals surface area contributed by atoms with Gasteiger partial charge in [0.2, 0.25) is 0 Å². The van der Waals surface area contributed by atoms with Crippen LogP contribution >= 0.6 is 0 Å². The van der Waals surface area contributed by atoms with Crippen LogP contribution in [-0.4, -0.2) is 33.7 Å². The van der Waals surface area contributed by atoms with Gasteiger partial charge in [-0.2, -0.15) is 0 Å². The zero-order valence-electron chi connectivity index (χ0n) is 13.0. The largest absolute Gasteiger partial charge is 0.493 e. The van der Waals surface area contributed by atoms with Gasteiger partial charge in [0, 0.05) is 11.8 Å². The minimum Gasteiger partial charge on any atom is -0.493 e. The summed E-state index contributed by atoms with van der Waals surface area (Å²) in [4.78, 5) is 13.1. The highest BCUT2D eigenvalue weighted by Crippen LogP contribution is 2.29. The van der Waals surface area contributed by atoms with Crippen molar-refractivity contribution in [1.82, 2.24) is 0 Å². The van der Waals surface area contributed by atoms with E-state index in [1.807, 2.05) is 19.2 Å². The second-order valence-electron chi connectivity index (χ2n) is 5.01. The van der Waals surface area contributed by atoms with Crippen molar-refractivity contribution < 1.29 is 23.6 Å². The average Bonchev–Trinajstić information content (AvgIpc) is 2.99. The first-order valence-corrected chi connectivity index (χ1v) is 6.98. The molecule has 1 unspecified atom stereocenters. The van der Waals surface area contributed by atoms with E-state index in [-0.39, 0.29) is 5.91 Å². The molecule has 1 aromatic heterocycles. The molecule has 0 radical (unpaired) electrons. The number of furan rings is 1. The third kappa shape index (κ3) is 4.26. The van der Waals surface area contributed by atoms with Gasteiger partial charge in [-0.1, -0.05) is 0 Å². The average molecular weight is 305 g/mol. The van der Waals surface area contributed by atoms with Crippen LogP contribution in [0.5, 0.6) is 11.5 Å². The van der Waals surface area contributed by atoms with E-state index in [0.29, 0.717) is 30.3 Å². The smallest absolute Gasteiger partial charge is 0.279 e. The van der Waals surface area contributed by atoms with E-state index >= 15 is 0 Å². The molecule has 0 aliphatic rings. The minimum atomic E-state index is -0.0729. The van der Waals surface area contributed by atoms with E-state index in [9.17, 15) is 4.79 Å². The van der Waals surface area contributed by atoms with Gasteiger partial charge >= 0.3 is 0 Å². The number of benzene rings is 1. The molecule has 2 aromatic rings. The number of nitrogens with one attached hydrogen (secondary N) is 2. The van der Waals surface area contributed by atoms with Crippen LogP contribution in [0.4, 0.5) is 5.69 Å². The number of ether oxygens (including phenoxy) is 2. The van der Waals surface area contributed by atoms with Crippen molar-refractivity contribution in [1.29, 1.82) is 0 Å². The SMILES string of the molecule is COc1ccc(NC(=O)C[NH+](C)Cc2ccco2)cc1OC. The van der Waals surface area contributed by atoms with Gasteiger partial charge in [0.05, 0.1) is 27.5 Å². The Morgan fingerprint density at radius 3 is 2.64 bits per heavy atom. The van der Waals surface area contributed by atoms with Gasteiger partial charge in [-0.15, -0.1) is 0 Å². The van der Waals surface area contributed by atoms with Gasteiger partial charge < -0.3 is 24.1 Å². The molecule has 0 saturated carbocycles. The summed E-state index contributed by atoms with van der Waals surface area (Å²) in [5.74, 6) is 1.99. The number of methoxy groups -OCH3 is 2. The lowest BCUT2D eigenvalue weighted by Gasteiger charge is -2.13. The molecule has 0 aliphatic heterocycles. The Morgan fingerprint density at radius 2 is 2.00 bits per heavy atom. The fourth-order valence-corrected chi connectivity index (χ4v) is 2.17. The van der Waals surface area contributed by atoms with Crippen LogP contribution in [0.2, 0.25) is 0 Å². The Hall–Kier alpha value is -2.47. The number of likely N-dealkylation sites (N-methyl/N-ethyl adjacent to an activating group) is 1. The third-order valence-electron chi connectivity index (χ3n) is 3.19. The number of carbonyl (C=O) groups excluding carboxylic acids is 1. The van der Waals surface area contributed by atoms with Crippen LogP contribution in [-0.2, 0) is 11.3 Å². The lowest BCUT2D eigenvalue weighted by atomic mass is 10.2. The van der Waals surface area contributed by atoms with Crippen molar-refractivity contribution in [2.45, 2.75) is 6.54 Å². The molecule has 0 bridgehead atoms. The number of hydrogen-bond donors (Lipinski definition) is 2. The summed E-state index contributed by atoms with van der Waals surface area (Å²) >= 11 is 0. The number of hydrogen-bond acceptors (Lipinski definition) is 4. The normalized spacial score (nSPS) is 11.8. The number of amides is 1. The molecular formula is C16H21N2O4+. The molecule has 118 valence electrons. The van der Waals surface area contributed by atoms with Crippen LogP contribution in [0, 0.1) is 0 Å². The summed E-state index contributed by atoms with van der Waals surface area (Å²) in [6.07, 6.45) is 1.63. The van der Waals surface area contributed by atoms with E-state index in [0.717, 1.165) is 10.7 Å². The second kappa shape index (κ2) is 7.51. The molecule has 0 fully saturated rings. The van der Waals surface area contributed by atoms with Crippen molar-refractivity contribution in [3.8, 4) is 11.5 Å². The highest BCUT2D eigenvalue weighted by Gasteiger charge is 2.13. The zero-order valence-corrected chi connectivity index (χ0v) is 13.0. The molecule has 1 heterocycles. The molecule has 2 rings (SSSR count). The van der Waals surface area contributed by atoms with E-state index in [4.69, 9.17) is 13.9 Å². The third-order valence-corrected chi connectivity index (χ3v) is 3.19. The van der Waals surface area contributed by atoms with E-state index in [1.165, 1.54) is 0 Å². The lowest BCUT2D eigenvalue weighted by Crippen LogP contribution is -3.08. The molecule has 6 nitrogen and oxygen atoms in total. The Kier molecular flexibility index (Phi) is 5.43. The van der Waals surface area contributed by atoms with Crippen LogP contribution in [0.3, 0.4) is 0 Å². The summed E-state index contributed by atoms with van der Waals surface area (Å²) in [5, 5.41) is 2.85. The number of rotatable bonds is 7. The quantitative estimate of drug-likeness (QED) is 0.799. The molecule has 2 N–H and O–H groups in total. The van der Waals surface area contributed by atoms with Gasteiger partial charge in [-0.05, 0) is 24.3 Å². The maximum Gasteiger partial charge on any atom is 0.279 e. The van der Waals surface area contributed by atoms with Crippen molar-refractivity contribution in [2.24, 2.45) is 0 Å². The standard InChI is InChI=1S/C16H20N2O4/c1-18(10-13-5-4-8-22-13)11-16(19)17-12-6-7-14(20-2)15(9-12)21-3/h4-9H,10-11H2,1-3H3,(H,17,19)/p+1. The van der Waals surface area contributed by atoms with E-state index < -0.39 is 0 Å². The van der Waals surface area contributed by atoms with Crippen molar-refractivity contribution >= 4 is 11.6 Å². The van der Waals surface area contributed by atoms with Gasteiger partial charge in [0.15, 0.2) is 23.8 Å². The molecule has 1 amide bonds. The first kappa shape index (κ1) is 15.9. The highest BCUT2D eigenvalue weighted by atomic mass is 16.5. The Bertz CT molecular complexity index is 611. The van der Waals surface area contributed by atoms with Crippen molar-refractivity contribution in [3.05, 3.63) is 42.4 Å². The molecule has 0 saturated heterocycles. The monoisotopic (exact) mass is 305 g/mol. The molecule has 6 heteroatoms.